The Bertz CT molecular complexity index is 886. The molecule has 0 amide bonds. The Morgan fingerprint density at radius 2 is 1.63 bits per heavy atom. The van der Waals surface area contributed by atoms with Crippen LogP contribution >= 0.6 is 0 Å². The highest BCUT2D eigenvalue weighted by Crippen LogP contribution is 2.12. The number of hydrogen-bond donors (Lipinski definition) is 1. The van der Waals surface area contributed by atoms with Gasteiger partial charge in [-0.05, 0) is 7.05 Å². The van der Waals surface area contributed by atoms with Gasteiger partial charge in [0.25, 0.3) is 15.6 Å². The monoisotopic (exact) mass is 287 g/mol. The first kappa shape index (κ1) is 13.5. The number of rotatable bonds is 2. The molecule has 0 spiro atoms. The summed E-state index contributed by atoms with van der Waals surface area (Å²) in [6, 6.07) is 0. The van der Waals surface area contributed by atoms with Gasteiger partial charge in [-0.2, -0.15) is 4.98 Å². The second-order valence-corrected chi connectivity index (χ2v) is 5.82. The largest absolute Gasteiger partial charge is 0.332 e. The van der Waals surface area contributed by atoms with Crippen molar-refractivity contribution in [2.75, 3.05) is 7.05 Å². The maximum Gasteiger partial charge on any atom is 0.332 e. The van der Waals surface area contributed by atoms with E-state index in [1.165, 1.54) is 28.2 Å². The quantitative estimate of drug-likeness (QED) is 0.679. The molecule has 0 radical (unpaired) electrons. The Balaban J connectivity index is 3.11. The van der Waals surface area contributed by atoms with Gasteiger partial charge < -0.3 is 4.57 Å². The van der Waals surface area contributed by atoms with Crippen molar-refractivity contribution in [1.29, 1.82) is 0 Å². The van der Waals surface area contributed by atoms with Gasteiger partial charge in [-0.15, -0.1) is 0 Å². The summed E-state index contributed by atoms with van der Waals surface area (Å²) in [6.45, 7) is 0. The molecular formula is C9H13N5O4S. The van der Waals surface area contributed by atoms with Crippen molar-refractivity contribution in [2.24, 2.45) is 21.1 Å². The first-order chi connectivity index (χ1) is 8.72. The van der Waals surface area contributed by atoms with E-state index in [4.69, 9.17) is 0 Å². The van der Waals surface area contributed by atoms with Gasteiger partial charge in [-0.25, -0.2) is 17.9 Å². The van der Waals surface area contributed by atoms with E-state index in [0.717, 1.165) is 13.7 Å². The second kappa shape index (κ2) is 4.03. The molecule has 2 heterocycles. The molecular weight excluding hydrogens is 274 g/mol. The molecule has 0 aliphatic rings. The molecule has 2 aromatic heterocycles. The summed E-state index contributed by atoms with van der Waals surface area (Å²) in [5.74, 6) is 0. The highest BCUT2D eigenvalue weighted by molar-refractivity contribution is 7.89. The fourth-order valence-electron chi connectivity index (χ4n) is 1.83. The lowest BCUT2D eigenvalue weighted by molar-refractivity contribution is 0.572. The van der Waals surface area contributed by atoms with E-state index in [1.807, 2.05) is 0 Å². The number of imidazole rings is 1. The minimum Gasteiger partial charge on any atom is -0.311 e. The number of nitrogens with one attached hydrogen (secondary N) is 1. The highest BCUT2D eigenvalue weighted by Gasteiger charge is 2.24. The van der Waals surface area contributed by atoms with Crippen molar-refractivity contribution in [2.45, 2.75) is 5.16 Å². The molecule has 104 valence electrons. The van der Waals surface area contributed by atoms with Gasteiger partial charge in [0.1, 0.15) is 0 Å². The molecule has 0 saturated heterocycles. The lowest BCUT2D eigenvalue weighted by Crippen LogP contribution is -2.37. The summed E-state index contributed by atoms with van der Waals surface area (Å²) in [4.78, 5) is 27.7. The predicted octanol–water partition coefficient (Wildman–Crippen LogP) is -2.12. The molecule has 0 saturated carbocycles. The van der Waals surface area contributed by atoms with Gasteiger partial charge in [0.2, 0.25) is 5.16 Å². The van der Waals surface area contributed by atoms with Crippen LogP contribution in [0.5, 0.6) is 0 Å². The van der Waals surface area contributed by atoms with Crippen molar-refractivity contribution < 1.29 is 8.42 Å². The van der Waals surface area contributed by atoms with Crippen molar-refractivity contribution in [3.8, 4) is 0 Å². The molecule has 9 nitrogen and oxygen atoms in total. The molecule has 1 N–H and O–H groups in total. The Morgan fingerprint density at radius 1 is 1.05 bits per heavy atom. The third-order valence-electron chi connectivity index (χ3n) is 2.94. The third kappa shape index (κ3) is 1.71. The van der Waals surface area contributed by atoms with Gasteiger partial charge in [0, 0.05) is 21.1 Å². The predicted molar refractivity (Wildman–Crippen MR) is 67.4 cm³/mol. The topological polar surface area (TPSA) is 108 Å². The Hall–Kier alpha value is -1.94. The number of nitrogens with zero attached hydrogens (tertiary/aromatic N) is 4. The fourth-order valence-corrected chi connectivity index (χ4v) is 2.67. The normalized spacial score (nSPS) is 12.2. The lowest BCUT2D eigenvalue weighted by atomic mass is 10.5. The zero-order valence-electron chi connectivity index (χ0n) is 10.8. The first-order valence-electron chi connectivity index (χ1n) is 5.28. The van der Waals surface area contributed by atoms with Crippen molar-refractivity contribution >= 4 is 21.2 Å². The summed E-state index contributed by atoms with van der Waals surface area (Å²) >= 11 is 0. The van der Waals surface area contributed by atoms with E-state index >= 15 is 0 Å². The van der Waals surface area contributed by atoms with Gasteiger partial charge in [0.15, 0.2) is 11.2 Å². The average molecular weight is 287 g/mol. The van der Waals surface area contributed by atoms with Crippen LogP contribution in [-0.4, -0.2) is 34.2 Å². The van der Waals surface area contributed by atoms with E-state index in [2.05, 4.69) is 9.71 Å². The number of sulfonamides is 1. The summed E-state index contributed by atoms with van der Waals surface area (Å²) in [5, 5.41) is -0.316. The van der Waals surface area contributed by atoms with Crippen LogP contribution < -0.4 is 16.0 Å². The maximum absolute atomic E-state index is 12.0. The highest BCUT2D eigenvalue weighted by atomic mass is 32.2. The smallest absolute Gasteiger partial charge is 0.311 e. The number of aryl methyl sites for hydroxylation is 2. The van der Waals surface area contributed by atoms with Crippen molar-refractivity contribution in [1.82, 2.24) is 23.4 Å². The van der Waals surface area contributed by atoms with Crippen LogP contribution in [0, 0.1) is 0 Å². The second-order valence-electron chi connectivity index (χ2n) is 4.04. The van der Waals surface area contributed by atoms with E-state index in [0.29, 0.717) is 0 Å². The Kier molecular flexibility index (Phi) is 2.86. The third-order valence-corrected chi connectivity index (χ3v) is 4.33. The number of hydrogen-bond acceptors (Lipinski definition) is 5. The fraction of sp³-hybridized carbons (Fsp3) is 0.444. The summed E-state index contributed by atoms with van der Waals surface area (Å²) < 4.78 is 28.9. The average Bonchev–Trinajstić information content (AvgIpc) is 2.72. The number of fused-ring (bicyclic) bond motifs is 1. The summed E-state index contributed by atoms with van der Waals surface area (Å²) in [7, 11) is 1.58. The van der Waals surface area contributed by atoms with E-state index in [9.17, 15) is 18.0 Å². The molecule has 19 heavy (non-hydrogen) atoms. The van der Waals surface area contributed by atoms with E-state index in [1.54, 1.807) is 0 Å². The van der Waals surface area contributed by atoms with Crippen LogP contribution in [0.15, 0.2) is 14.7 Å². The van der Waals surface area contributed by atoms with Gasteiger partial charge in [0.05, 0.1) is 0 Å². The molecule has 0 aromatic carbocycles. The van der Waals surface area contributed by atoms with E-state index < -0.39 is 21.3 Å². The summed E-state index contributed by atoms with van der Waals surface area (Å²) in [6.07, 6.45) is 0. The molecule has 0 unspecified atom stereocenters. The van der Waals surface area contributed by atoms with Crippen LogP contribution in [-0.2, 0) is 31.2 Å². The first-order valence-corrected chi connectivity index (χ1v) is 6.76. The molecule has 2 rings (SSSR count). The van der Waals surface area contributed by atoms with Crippen molar-refractivity contribution in [3.05, 3.63) is 20.8 Å². The Labute approximate surface area is 108 Å². The molecule has 10 heteroatoms. The minimum atomic E-state index is -3.81. The van der Waals surface area contributed by atoms with Gasteiger partial charge in [-0.3, -0.25) is 13.9 Å². The molecule has 0 atom stereocenters. The maximum atomic E-state index is 12.0. The Morgan fingerprint density at radius 3 is 2.16 bits per heavy atom. The van der Waals surface area contributed by atoms with Crippen LogP contribution in [0.1, 0.15) is 0 Å². The molecule has 0 bridgehead atoms. The molecule has 0 fully saturated rings. The minimum absolute atomic E-state index is 0.0319. The van der Waals surface area contributed by atoms with Crippen LogP contribution in [0.2, 0.25) is 0 Å². The SMILES string of the molecule is CNS(=O)(=O)c1nc2c(c(=O)n(C)c(=O)n2C)n1C. The molecule has 2 aromatic rings. The number of aromatic nitrogens is 4. The van der Waals surface area contributed by atoms with E-state index in [-0.39, 0.29) is 16.3 Å². The van der Waals surface area contributed by atoms with Gasteiger partial charge in [-0.1, -0.05) is 0 Å². The van der Waals surface area contributed by atoms with Crippen LogP contribution in [0.25, 0.3) is 11.2 Å². The zero-order chi connectivity index (χ0) is 14.5. The lowest BCUT2D eigenvalue weighted by Gasteiger charge is -2.03. The van der Waals surface area contributed by atoms with Crippen molar-refractivity contribution in [3.63, 3.8) is 0 Å². The van der Waals surface area contributed by atoms with Gasteiger partial charge >= 0.3 is 5.69 Å². The standard InChI is InChI=1S/C9H13N5O4S/c1-10-19(17,18)8-11-6-5(12(8)2)7(15)14(4)9(16)13(6)3/h10H,1-4H3. The molecule has 0 aliphatic carbocycles. The van der Waals surface area contributed by atoms with Crippen LogP contribution in [0.3, 0.4) is 0 Å². The molecule has 0 aliphatic heterocycles. The summed E-state index contributed by atoms with van der Waals surface area (Å²) in [5.41, 5.74) is -1.07. The zero-order valence-corrected chi connectivity index (χ0v) is 11.6. The van der Waals surface area contributed by atoms with Crippen LogP contribution in [0.4, 0.5) is 0 Å².